The van der Waals surface area contributed by atoms with Crippen LogP contribution in [0.3, 0.4) is 0 Å². The number of aryl methyl sites for hydroxylation is 1. The quantitative estimate of drug-likeness (QED) is 0.717. The standard InChI is InChI=1S/C17H21N3O4/c21-9-11-7-12(8-15(11)22)19-16(23)5-6-20-10-18-14-4-2-1-3-13(14)17(20)24/h1-4,10-12,15,21-22H,5-9H2,(H,19,23)/t11-,12-,15+/m0/s1. The molecule has 3 N–H and O–H groups in total. The number of rotatable bonds is 5. The molecule has 3 atom stereocenters. The van der Waals surface area contributed by atoms with Crippen molar-refractivity contribution in [2.75, 3.05) is 6.61 Å². The first-order valence-corrected chi connectivity index (χ1v) is 8.11. The Hall–Kier alpha value is -2.25. The number of hydrogen-bond donors (Lipinski definition) is 3. The number of aliphatic hydroxyl groups excluding tert-OH is 2. The van der Waals surface area contributed by atoms with Gasteiger partial charge in [-0.3, -0.25) is 14.2 Å². The second-order valence-electron chi connectivity index (χ2n) is 6.26. The average Bonchev–Trinajstić information content (AvgIpc) is 2.94. The second-order valence-corrected chi connectivity index (χ2v) is 6.26. The minimum atomic E-state index is -0.576. The molecule has 0 spiro atoms. The van der Waals surface area contributed by atoms with Gasteiger partial charge < -0.3 is 15.5 Å². The molecular weight excluding hydrogens is 310 g/mol. The van der Waals surface area contributed by atoms with Crippen molar-refractivity contribution in [3.05, 3.63) is 40.9 Å². The van der Waals surface area contributed by atoms with Gasteiger partial charge in [-0.15, -0.1) is 0 Å². The molecular formula is C17H21N3O4. The van der Waals surface area contributed by atoms with E-state index in [1.165, 1.54) is 10.9 Å². The molecule has 1 heterocycles. The fourth-order valence-corrected chi connectivity index (χ4v) is 3.20. The summed E-state index contributed by atoms with van der Waals surface area (Å²) in [5.41, 5.74) is 0.475. The zero-order valence-electron chi connectivity index (χ0n) is 13.3. The van der Waals surface area contributed by atoms with Crippen molar-refractivity contribution >= 4 is 16.8 Å². The summed E-state index contributed by atoms with van der Waals surface area (Å²) in [4.78, 5) is 28.6. The monoisotopic (exact) mass is 331 g/mol. The topological polar surface area (TPSA) is 104 Å². The largest absolute Gasteiger partial charge is 0.396 e. The fraction of sp³-hybridized carbons (Fsp3) is 0.471. The molecule has 0 aliphatic heterocycles. The van der Waals surface area contributed by atoms with E-state index < -0.39 is 6.10 Å². The van der Waals surface area contributed by atoms with Gasteiger partial charge in [0.05, 0.1) is 23.3 Å². The van der Waals surface area contributed by atoms with Crippen molar-refractivity contribution in [1.29, 1.82) is 0 Å². The maximum Gasteiger partial charge on any atom is 0.261 e. The van der Waals surface area contributed by atoms with Gasteiger partial charge in [-0.1, -0.05) is 12.1 Å². The highest BCUT2D eigenvalue weighted by Crippen LogP contribution is 2.25. The number of hydrogen-bond acceptors (Lipinski definition) is 5. The van der Waals surface area contributed by atoms with Crippen LogP contribution in [0.15, 0.2) is 35.4 Å². The van der Waals surface area contributed by atoms with E-state index >= 15 is 0 Å². The van der Waals surface area contributed by atoms with Crippen molar-refractivity contribution in [1.82, 2.24) is 14.9 Å². The van der Waals surface area contributed by atoms with Crippen molar-refractivity contribution in [2.24, 2.45) is 5.92 Å². The molecule has 0 unspecified atom stereocenters. The zero-order valence-corrected chi connectivity index (χ0v) is 13.3. The van der Waals surface area contributed by atoms with Gasteiger partial charge in [0, 0.05) is 31.5 Å². The number of aromatic nitrogens is 2. The first-order chi connectivity index (χ1) is 11.6. The molecule has 2 aromatic rings. The lowest BCUT2D eigenvalue weighted by Crippen LogP contribution is -2.34. The second kappa shape index (κ2) is 7.11. The number of benzene rings is 1. The van der Waals surface area contributed by atoms with Crippen LogP contribution in [-0.4, -0.2) is 44.4 Å². The van der Waals surface area contributed by atoms with Crippen LogP contribution in [0.2, 0.25) is 0 Å². The van der Waals surface area contributed by atoms with Gasteiger partial charge in [-0.2, -0.15) is 0 Å². The molecule has 1 aromatic heterocycles. The molecule has 1 aliphatic rings. The van der Waals surface area contributed by atoms with Gasteiger partial charge in [0.1, 0.15) is 0 Å². The molecule has 7 heteroatoms. The lowest BCUT2D eigenvalue weighted by Gasteiger charge is -2.13. The molecule has 1 aromatic carbocycles. The number of carbonyl (C=O) groups is 1. The van der Waals surface area contributed by atoms with Crippen LogP contribution in [0.4, 0.5) is 0 Å². The molecule has 128 valence electrons. The van der Waals surface area contributed by atoms with E-state index in [4.69, 9.17) is 5.11 Å². The van der Waals surface area contributed by atoms with Crippen LogP contribution in [0.5, 0.6) is 0 Å². The maximum atomic E-state index is 12.3. The van der Waals surface area contributed by atoms with E-state index in [0.29, 0.717) is 23.7 Å². The number of fused-ring (bicyclic) bond motifs is 1. The highest BCUT2D eigenvalue weighted by atomic mass is 16.3. The van der Waals surface area contributed by atoms with Crippen LogP contribution in [0, 0.1) is 5.92 Å². The number of amides is 1. The first kappa shape index (κ1) is 16.6. The number of nitrogens with zero attached hydrogens (tertiary/aromatic N) is 2. The molecule has 0 bridgehead atoms. The van der Waals surface area contributed by atoms with E-state index in [1.807, 2.05) is 6.07 Å². The summed E-state index contributed by atoms with van der Waals surface area (Å²) >= 11 is 0. The van der Waals surface area contributed by atoms with Gasteiger partial charge >= 0.3 is 0 Å². The van der Waals surface area contributed by atoms with Crippen molar-refractivity contribution < 1.29 is 15.0 Å². The molecule has 1 fully saturated rings. The fourth-order valence-electron chi connectivity index (χ4n) is 3.20. The zero-order chi connectivity index (χ0) is 17.1. The Morgan fingerprint density at radius 1 is 1.33 bits per heavy atom. The molecule has 1 amide bonds. The predicted molar refractivity (Wildman–Crippen MR) is 88.4 cm³/mol. The molecule has 7 nitrogen and oxygen atoms in total. The number of aliphatic hydroxyl groups is 2. The summed E-state index contributed by atoms with van der Waals surface area (Å²) in [6, 6.07) is 6.97. The van der Waals surface area contributed by atoms with Crippen molar-refractivity contribution in [3.8, 4) is 0 Å². The third kappa shape index (κ3) is 3.47. The van der Waals surface area contributed by atoms with Crippen LogP contribution < -0.4 is 10.9 Å². The maximum absolute atomic E-state index is 12.3. The van der Waals surface area contributed by atoms with Crippen LogP contribution in [-0.2, 0) is 11.3 Å². The van der Waals surface area contributed by atoms with E-state index in [1.54, 1.807) is 18.2 Å². The minimum Gasteiger partial charge on any atom is -0.396 e. The molecule has 1 aliphatic carbocycles. The summed E-state index contributed by atoms with van der Waals surface area (Å²) in [6.07, 6.45) is 2.07. The Kier molecular flexibility index (Phi) is 4.92. The van der Waals surface area contributed by atoms with E-state index in [9.17, 15) is 14.7 Å². The van der Waals surface area contributed by atoms with Gasteiger partial charge in [0.2, 0.25) is 5.91 Å². The predicted octanol–water partition coefficient (Wildman–Crippen LogP) is 0.0346. The lowest BCUT2D eigenvalue weighted by molar-refractivity contribution is -0.122. The minimum absolute atomic E-state index is 0.0777. The summed E-state index contributed by atoms with van der Waals surface area (Å²) in [7, 11) is 0. The van der Waals surface area contributed by atoms with Gasteiger partial charge in [-0.25, -0.2) is 4.98 Å². The normalized spacial score (nSPS) is 23.5. The third-order valence-electron chi connectivity index (χ3n) is 4.57. The molecule has 0 saturated heterocycles. The van der Waals surface area contributed by atoms with Crippen molar-refractivity contribution in [3.63, 3.8) is 0 Å². The summed E-state index contributed by atoms with van der Waals surface area (Å²) in [5.74, 6) is -0.353. The summed E-state index contributed by atoms with van der Waals surface area (Å²) < 4.78 is 1.43. The Labute approximate surface area is 139 Å². The number of carbonyl (C=O) groups excluding carboxylic acids is 1. The SMILES string of the molecule is O=C(CCn1cnc2ccccc2c1=O)N[C@H]1C[C@@H](CO)[C@H](O)C1. The van der Waals surface area contributed by atoms with Crippen LogP contribution in [0.25, 0.3) is 10.9 Å². The average molecular weight is 331 g/mol. The van der Waals surface area contributed by atoms with Gasteiger partial charge in [0.15, 0.2) is 0 Å². The van der Waals surface area contributed by atoms with E-state index in [2.05, 4.69) is 10.3 Å². The van der Waals surface area contributed by atoms with E-state index in [-0.39, 0.29) is 43.0 Å². The lowest BCUT2D eigenvalue weighted by atomic mass is 10.1. The number of para-hydroxylation sites is 1. The van der Waals surface area contributed by atoms with Gasteiger partial charge in [-0.05, 0) is 25.0 Å². The number of nitrogens with one attached hydrogen (secondary N) is 1. The highest BCUT2D eigenvalue weighted by Gasteiger charge is 2.33. The molecule has 24 heavy (non-hydrogen) atoms. The summed E-state index contributed by atoms with van der Waals surface area (Å²) in [6.45, 7) is 0.174. The molecule has 0 radical (unpaired) electrons. The Balaban J connectivity index is 1.59. The highest BCUT2D eigenvalue weighted by molar-refractivity contribution is 5.77. The Morgan fingerprint density at radius 2 is 2.12 bits per heavy atom. The van der Waals surface area contributed by atoms with Crippen LogP contribution in [0.1, 0.15) is 19.3 Å². The Morgan fingerprint density at radius 3 is 2.88 bits per heavy atom. The Bertz CT molecular complexity index is 789. The first-order valence-electron chi connectivity index (χ1n) is 8.11. The summed E-state index contributed by atoms with van der Waals surface area (Å²) in [5, 5.41) is 22.3. The molecule has 1 saturated carbocycles. The van der Waals surface area contributed by atoms with Gasteiger partial charge in [0.25, 0.3) is 5.56 Å². The van der Waals surface area contributed by atoms with E-state index in [0.717, 1.165) is 0 Å². The van der Waals surface area contributed by atoms with Crippen LogP contribution >= 0.6 is 0 Å². The third-order valence-corrected chi connectivity index (χ3v) is 4.57. The van der Waals surface area contributed by atoms with Crippen molar-refractivity contribution in [2.45, 2.75) is 38.0 Å². The molecule has 3 rings (SSSR count). The smallest absolute Gasteiger partial charge is 0.261 e.